The highest BCUT2D eigenvalue weighted by molar-refractivity contribution is 7.98. The van der Waals surface area contributed by atoms with Gasteiger partial charge in [0.2, 0.25) is 5.91 Å². The van der Waals surface area contributed by atoms with E-state index < -0.39 is 0 Å². The number of hydrogen-bond acceptors (Lipinski definition) is 4. The summed E-state index contributed by atoms with van der Waals surface area (Å²) in [6.45, 7) is 0. The van der Waals surface area contributed by atoms with Crippen molar-refractivity contribution >= 4 is 50.4 Å². The first-order valence-electron chi connectivity index (χ1n) is 6.73. The summed E-state index contributed by atoms with van der Waals surface area (Å²) in [6, 6.07) is 15.9. The average Bonchev–Trinajstić information content (AvgIpc) is 2.95. The molecule has 3 rings (SSSR count). The molecule has 1 N–H and O–H groups in total. The first-order chi connectivity index (χ1) is 10.7. The number of nitrogens with one attached hydrogen (secondary N) is 1. The summed E-state index contributed by atoms with van der Waals surface area (Å²) < 4.78 is 1.06. The molecule has 0 aliphatic heterocycles. The monoisotopic (exact) mass is 326 g/mol. The van der Waals surface area contributed by atoms with E-state index in [-0.39, 0.29) is 5.91 Å². The van der Waals surface area contributed by atoms with Crippen molar-refractivity contribution in [2.45, 2.75) is 4.90 Å². The zero-order chi connectivity index (χ0) is 15.4. The van der Waals surface area contributed by atoms with Gasteiger partial charge in [0.25, 0.3) is 0 Å². The number of hydrogen-bond donors (Lipinski definition) is 1. The minimum absolute atomic E-state index is 0.173. The summed E-state index contributed by atoms with van der Waals surface area (Å²) in [6.07, 6.45) is 5.36. The molecule has 0 unspecified atom stereocenters. The lowest BCUT2D eigenvalue weighted by atomic mass is 10.2. The second-order valence-electron chi connectivity index (χ2n) is 4.58. The third-order valence-electron chi connectivity index (χ3n) is 3.07. The molecule has 110 valence electrons. The van der Waals surface area contributed by atoms with Crippen molar-refractivity contribution in [2.24, 2.45) is 0 Å². The molecule has 0 aliphatic carbocycles. The summed E-state index contributed by atoms with van der Waals surface area (Å²) in [5.41, 5.74) is 1.90. The van der Waals surface area contributed by atoms with Crippen molar-refractivity contribution in [3.05, 3.63) is 60.2 Å². The van der Waals surface area contributed by atoms with Gasteiger partial charge in [0, 0.05) is 11.0 Å². The number of rotatable bonds is 4. The van der Waals surface area contributed by atoms with Crippen LogP contribution in [0.25, 0.3) is 16.3 Å². The van der Waals surface area contributed by atoms with E-state index in [9.17, 15) is 4.79 Å². The maximum atomic E-state index is 12.0. The predicted octanol–water partition coefficient (Wildman–Crippen LogP) is 4.67. The van der Waals surface area contributed by atoms with E-state index in [1.165, 1.54) is 22.3 Å². The maximum absolute atomic E-state index is 12.0. The van der Waals surface area contributed by atoms with Gasteiger partial charge in [-0.1, -0.05) is 35.6 Å². The van der Waals surface area contributed by atoms with Crippen molar-refractivity contribution in [2.75, 3.05) is 11.6 Å². The van der Waals surface area contributed by atoms with Crippen molar-refractivity contribution in [1.29, 1.82) is 0 Å². The van der Waals surface area contributed by atoms with E-state index in [2.05, 4.69) is 10.3 Å². The number of carbonyl (C=O) groups is 1. The fourth-order valence-electron chi connectivity index (χ4n) is 1.96. The first-order valence-corrected chi connectivity index (χ1v) is 8.77. The van der Waals surface area contributed by atoms with E-state index in [0.717, 1.165) is 15.8 Å². The number of aromatic nitrogens is 1. The molecule has 5 heteroatoms. The summed E-state index contributed by atoms with van der Waals surface area (Å²) in [4.78, 5) is 17.5. The standard InChI is InChI=1S/C17H14N2OS2/c1-21-13-9-6-12(7-10-13)8-11-16(20)19-17-18-14-4-2-3-5-15(14)22-17/h2-11H,1H3,(H,18,19,20)/b11-8+. The average molecular weight is 326 g/mol. The number of para-hydroxylation sites is 1. The van der Waals surface area contributed by atoms with Gasteiger partial charge in [-0.2, -0.15) is 0 Å². The van der Waals surface area contributed by atoms with Crippen LogP contribution in [0.3, 0.4) is 0 Å². The molecule has 0 spiro atoms. The molecule has 0 aliphatic rings. The van der Waals surface area contributed by atoms with Crippen LogP contribution in [0.15, 0.2) is 59.5 Å². The quantitative estimate of drug-likeness (QED) is 0.559. The number of carbonyl (C=O) groups excluding carboxylic acids is 1. The maximum Gasteiger partial charge on any atom is 0.250 e. The van der Waals surface area contributed by atoms with Gasteiger partial charge in [-0.25, -0.2) is 4.98 Å². The molecule has 3 aromatic rings. The van der Waals surface area contributed by atoms with Gasteiger partial charge in [0.1, 0.15) is 0 Å². The fourth-order valence-corrected chi connectivity index (χ4v) is 3.24. The Labute approximate surface area is 137 Å². The van der Waals surface area contributed by atoms with Gasteiger partial charge in [-0.15, -0.1) is 11.8 Å². The first kappa shape index (κ1) is 14.8. The number of thiazole rings is 1. The Morgan fingerprint density at radius 1 is 1.18 bits per heavy atom. The van der Waals surface area contributed by atoms with Crippen LogP contribution in [-0.4, -0.2) is 17.1 Å². The Morgan fingerprint density at radius 3 is 2.68 bits per heavy atom. The van der Waals surface area contributed by atoms with Crippen LogP contribution in [-0.2, 0) is 4.79 Å². The Balaban J connectivity index is 1.67. The van der Waals surface area contributed by atoms with Crippen molar-refractivity contribution in [3.8, 4) is 0 Å². The summed E-state index contributed by atoms with van der Waals surface area (Å²) in [7, 11) is 0. The smallest absolute Gasteiger partial charge is 0.250 e. The molecule has 0 bridgehead atoms. The van der Waals surface area contributed by atoms with Gasteiger partial charge < -0.3 is 0 Å². The van der Waals surface area contributed by atoms with Gasteiger partial charge in [-0.05, 0) is 42.2 Å². The molecule has 0 saturated heterocycles. The second-order valence-corrected chi connectivity index (χ2v) is 6.49. The van der Waals surface area contributed by atoms with E-state index >= 15 is 0 Å². The highest BCUT2D eigenvalue weighted by Gasteiger charge is 2.04. The molecule has 0 fully saturated rings. The molecule has 0 saturated carbocycles. The fraction of sp³-hybridized carbons (Fsp3) is 0.0588. The largest absolute Gasteiger partial charge is 0.298 e. The van der Waals surface area contributed by atoms with Crippen LogP contribution in [0.4, 0.5) is 5.13 Å². The Hall–Kier alpha value is -2.11. The molecule has 0 radical (unpaired) electrons. The van der Waals surface area contributed by atoms with Gasteiger partial charge >= 0.3 is 0 Å². The molecule has 1 aromatic heterocycles. The van der Waals surface area contributed by atoms with E-state index in [1.807, 2.05) is 54.8 Å². The number of nitrogens with zero attached hydrogens (tertiary/aromatic N) is 1. The summed E-state index contributed by atoms with van der Waals surface area (Å²) in [5.74, 6) is -0.173. The molecular weight excluding hydrogens is 312 g/mol. The molecule has 1 heterocycles. The lowest BCUT2D eigenvalue weighted by molar-refractivity contribution is -0.111. The minimum Gasteiger partial charge on any atom is -0.298 e. The van der Waals surface area contributed by atoms with E-state index in [0.29, 0.717) is 5.13 Å². The minimum atomic E-state index is -0.173. The van der Waals surface area contributed by atoms with Crippen LogP contribution in [0.5, 0.6) is 0 Å². The molecule has 3 nitrogen and oxygen atoms in total. The SMILES string of the molecule is CSc1ccc(/C=C/C(=O)Nc2nc3ccccc3s2)cc1. The zero-order valence-corrected chi connectivity index (χ0v) is 13.6. The molecule has 0 atom stereocenters. The van der Waals surface area contributed by atoms with Crippen LogP contribution >= 0.6 is 23.1 Å². The highest BCUT2D eigenvalue weighted by Crippen LogP contribution is 2.25. The molecular formula is C17H14N2OS2. The lowest BCUT2D eigenvalue weighted by Crippen LogP contribution is -2.07. The number of fused-ring (bicyclic) bond motifs is 1. The normalized spacial score (nSPS) is 11.1. The number of anilines is 1. The topological polar surface area (TPSA) is 42.0 Å². The number of amides is 1. The second kappa shape index (κ2) is 6.77. The number of thioether (sulfide) groups is 1. The van der Waals surface area contributed by atoms with E-state index in [4.69, 9.17) is 0 Å². The summed E-state index contributed by atoms with van der Waals surface area (Å²) >= 11 is 3.17. The third kappa shape index (κ3) is 3.55. The number of benzene rings is 2. The summed E-state index contributed by atoms with van der Waals surface area (Å²) in [5, 5.41) is 3.42. The van der Waals surface area contributed by atoms with Crippen LogP contribution in [0, 0.1) is 0 Å². The lowest BCUT2D eigenvalue weighted by Gasteiger charge is -1.97. The Bertz CT molecular complexity index is 789. The van der Waals surface area contributed by atoms with Gasteiger partial charge in [0.15, 0.2) is 5.13 Å². The van der Waals surface area contributed by atoms with Gasteiger partial charge in [-0.3, -0.25) is 10.1 Å². The predicted molar refractivity (Wildman–Crippen MR) is 95.5 cm³/mol. The van der Waals surface area contributed by atoms with E-state index in [1.54, 1.807) is 17.8 Å². The van der Waals surface area contributed by atoms with Crippen molar-refractivity contribution in [3.63, 3.8) is 0 Å². The van der Waals surface area contributed by atoms with Crippen molar-refractivity contribution < 1.29 is 4.79 Å². The molecule has 22 heavy (non-hydrogen) atoms. The Kier molecular flexibility index (Phi) is 4.56. The molecule has 2 aromatic carbocycles. The Morgan fingerprint density at radius 2 is 1.95 bits per heavy atom. The van der Waals surface area contributed by atoms with Crippen LogP contribution < -0.4 is 5.32 Å². The zero-order valence-electron chi connectivity index (χ0n) is 11.9. The van der Waals surface area contributed by atoms with Gasteiger partial charge in [0.05, 0.1) is 10.2 Å². The van der Waals surface area contributed by atoms with Crippen LogP contribution in [0.2, 0.25) is 0 Å². The highest BCUT2D eigenvalue weighted by atomic mass is 32.2. The van der Waals surface area contributed by atoms with Crippen LogP contribution in [0.1, 0.15) is 5.56 Å². The van der Waals surface area contributed by atoms with Crippen molar-refractivity contribution in [1.82, 2.24) is 4.98 Å². The molecule has 1 amide bonds. The third-order valence-corrected chi connectivity index (χ3v) is 4.76.